The molecule has 0 unspecified atom stereocenters. The summed E-state index contributed by atoms with van der Waals surface area (Å²) >= 11 is 0. The van der Waals surface area contributed by atoms with Crippen molar-refractivity contribution in [1.82, 2.24) is 28.7 Å². The summed E-state index contributed by atoms with van der Waals surface area (Å²) in [4.78, 5) is 20.7. The Morgan fingerprint density at radius 3 is 1.48 bits per heavy atom. The van der Waals surface area contributed by atoms with Crippen LogP contribution in [0, 0.1) is 0 Å². The average molecular weight is 601 g/mol. The highest BCUT2D eigenvalue weighted by atomic mass is 15.1. The second-order valence-corrected chi connectivity index (χ2v) is 14.0. The van der Waals surface area contributed by atoms with E-state index in [0.717, 1.165) is 71.6 Å². The van der Waals surface area contributed by atoms with E-state index in [1.165, 1.54) is 66.8 Å². The first kappa shape index (κ1) is 26.4. The summed E-state index contributed by atoms with van der Waals surface area (Å²) in [6, 6.07) is 17.9. The lowest BCUT2D eigenvalue weighted by atomic mass is 9.90. The highest BCUT2D eigenvalue weighted by Gasteiger charge is 2.28. The maximum atomic E-state index is 5.42. The summed E-state index contributed by atoms with van der Waals surface area (Å²) in [5.41, 5.74) is 17.6. The van der Waals surface area contributed by atoms with Crippen molar-refractivity contribution in [2.24, 2.45) is 0 Å². The second-order valence-electron chi connectivity index (χ2n) is 14.0. The van der Waals surface area contributed by atoms with Crippen molar-refractivity contribution in [3.05, 3.63) is 106 Å². The lowest BCUT2D eigenvalue weighted by molar-refractivity contribution is 0.800. The Morgan fingerprint density at radius 1 is 0.587 bits per heavy atom. The molecule has 0 radical (unpaired) electrons. The van der Waals surface area contributed by atoms with Crippen molar-refractivity contribution < 1.29 is 0 Å². The molecule has 0 atom stereocenters. The maximum Gasteiger partial charge on any atom is 0.147 e. The third-order valence-electron chi connectivity index (χ3n) is 10.8. The fourth-order valence-corrected chi connectivity index (χ4v) is 8.74. The monoisotopic (exact) mass is 600 g/mol. The molecule has 6 aromatic heterocycles. The molecule has 10 rings (SSSR count). The maximum absolute atomic E-state index is 5.42. The minimum Gasteiger partial charge on any atom is -0.295 e. The van der Waals surface area contributed by atoms with Crippen LogP contribution in [0.3, 0.4) is 0 Å². The molecule has 0 fully saturated rings. The molecule has 2 aliphatic heterocycles. The van der Waals surface area contributed by atoms with E-state index in [1.807, 2.05) is 12.4 Å². The molecule has 6 nitrogen and oxygen atoms in total. The molecule has 0 spiro atoms. The zero-order chi connectivity index (χ0) is 30.8. The van der Waals surface area contributed by atoms with Gasteiger partial charge in [0.1, 0.15) is 11.3 Å². The van der Waals surface area contributed by atoms with Crippen LogP contribution in [-0.4, -0.2) is 28.7 Å². The minimum atomic E-state index is 0.414. The third kappa shape index (κ3) is 3.37. The Labute approximate surface area is 267 Å². The van der Waals surface area contributed by atoms with Crippen LogP contribution in [0.4, 0.5) is 0 Å². The topological polar surface area (TPSA) is 60.4 Å². The first-order valence-corrected chi connectivity index (χ1v) is 16.9. The van der Waals surface area contributed by atoms with Gasteiger partial charge in [-0.1, -0.05) is 52.0 Å². The van der Waals surface area contributed by atoms with Crippen LogP contribution in [0.2, 0.25) is 0 Å². The highest BCUT2D eigenvalue weighted by Crippen LogP contribution is 2.41. The normalized spacial score (nSPS) is 14.3. The number of pyridine rings is 4. The van der Waals surface area contributed by atoms with Gasteiger partial charge in [-0.2, -0.15) is 0 Å². The summed E-state index contributed by atoms with van der Waals surface area (Å²) in [6.45, 7) is 9.15. The van der Waals surface area contributed by atoms with Gasteiger partial charge >= 0.3 is 0 Å². The van der Waals surface area contributed by atoms with E-state index in [4.69, 9.17) is 19.9 Å². The molecule has 0 saturated heterocycles. The number of aromatic nitrogens is 6. The SMILES string of the molecule is CC(C)c1ccc2c3c1c1ncccc1c1nc(CCc4nc5c6cccnc6c6c(C(C)C)ccc7c6n5c4CC7)c(n13)CC2. The van der Waals surface area contributed by atoms with Crippen molar-refractivity contribution >= 4 is 54.9 Å². The predicted octanol–water partition coefficient (Wildman–Crippen LogP) is 8.61. The smallest absolute Gasteiger partial charge is 0.147 e. The summed E-state index contributed by atoms with van der Waals surface area (Å²) in [7, 11) is 0. The molecule has 2 aliphatic rings. The summed E-state index contributed by atoms with van der Waals surface area (Å²) in [5, 5.41) is 4.89. The number of benzene rings is 2. The minimum absolute atomic E-state index is 0.414. The third-order valence-corrected chi connectivity index (χ3v) is 10.8. The van der Waals surface area contributed by atoms with E-state index in [2.05, 4.69) is 85.0 Å². The van der Waals surface area contributed by atoms with E-state index in [-0.39, 0.29) is 0 Å². The lowest BCUT2D eigenvalue weighted by Crippen LogP contribution is -2.12. The van der Waals surface area contributed by atoms with Crippen LogP contribution < -0.4 is 0 Å². The number of hydrogen-bond donors (Lipinski definition) is 0. The molecule has 0 N–H and O–H groups in total. The molecule has 8 heterocycles. The number of rotatable bonds is 5. The largest absolute Gasteiger partial charge is 0.295 e. The van der Waals surface area contributed by atoms with Gasteiger partial charge in [0.05, 0.1) is 33.5 Å². The fraction of sp³-hybridized carbons (Fsp3) is 0.300. The molecule has 226 valence electrons. The molecule has 6 heteroatoms. The second kappa shape index (κ2) is 9.35. The van der Waals surface area contributed by atoms with Gasteiger partial charge in [-0.15, -0.1) is 0 Å². The van der Waals surface area contributed by atoms with Crippen molar-refractivity contribution in [3.8, 4) is 0 Å². The molecular formula is C40H36N6. The molecule has 0 bridgehead atoms. The van der Waals surface area contributed by atoms with Crippen LogP contribution in [0.15, 0.2) is 60.9 Å². The molecular weight excluding hydrogens is 564 g/mol. The van der Waals surface area contributed by atoms with Crippen LogP contribution in [0.5, 0.6) is 0 Å². The molecule has 8 aromatic rings. The van der Waals surface area contributed by atoms with Gasteiger partial charge < -0.3 is 0 Å². The van der Waals surface area contributed by atoms with Gasteiger partial charge in [-0.3, -0.25) is 18.8 Å². The quantitative estimate of drug-likeness (QED) is 0.186. The van der Waals surface area contributed by atoms with Gasteiger partial charge in [-0.25, -0.2) is 9.97 Å². The number of hydrogen-bond acceptors (Lipinski definition) is 4. The summed E-state index contributed by atoms with van der Waals surface area (Å²) < 4.78 is 4.97. The number of nitrogens with zero attached hydrogens (tertiary/aromatic N) is 6. The standard InChI is InChI=1S/C40H36N6/c1-21(2)25-13-9-23-11-17-31-29(43-39-27-7-5-19-41-35(27)33(25)37(23)45(31)39)15-16-30-32-18-12-24-10-14-26(22(3)4)34-36-28(8-6-20-42-36)40(44-30)46(32)38(24)34/h5-10,13-14,19-22H,11-12,15-18H2,1-4H3. The van der Waals surface area contributed by atoms with E-state index in [9.17, 15) is 0 Å². The average Bonchev–Trinajstić information content (AvgIpc) is 3.65. The van der Waals surface area contributed by atoms with Crippen molar-refractivity contribution in [1.29, 1.82) is 0 Å². The molecule has 0 amide bonds. The van der Waals surface area contributed by atoms with Gasteiger partial charge in [0.25, 0.3) is 0 Å². The molecule has 0 saturated carbocycles. The fourth-order valence-electron chi connectivity index (χ4n) is 8.74. The van der Waals surface area contributed by atoms with Crippen molar-refractivity contribution in [2.45, 2.75) is 78.1 Å². The lowest BCUT2D eigenvalue weighted by Gasteiger charge is -2.22. The van der Waals surface area contributed by atoms with Gasteiger partial charge in [-0.05, 0) is 96.9 Å². The Hall–Kier alpha value is -4.84. The summed E-state index contributed by atoms with van der Waals surface area (Å²) in [6.07, 6.45) is 9.68. The zero-order valence-corrected chi connectivity index (χ0v) is 26.9. The van der Waals surface area contributed by atoms with Crippen LogP contribution in [0.25, 0.3) is 54.9 Å². The van der Waals surface area contributed by atoms with Crippen molar-refractivity contribution in [2.75, 3.05) is 0 Å². The van der Waals surface area contributed by atoms with Crippen LogP contribution in [0.1, 0.15) is 84.6 Å². The van der Waals surface area contributed by atoms with E-state index >= 15 is 0 Å². The molecule has 46 heavy (non-hydrogen) atoms. The Balaban J connectivity index is 1.18. The van der Waals surface area contributed by atoms with Crippen LogP contribution in [-0.2, 0) is 38.5 Å². The van der Waals surface area contributed by atoms with Gasteiger partial charge in [0, 0.05) is 45.3 Å². The van der Waals surface area contributed by atoms with Gasteiger partial charge in [0.2, 0.25) is 0 Å². The number of imidazole rings is 2. The predicted molar refractivity (Wildman–Crippen MR) is 186 cm³/mol. The van der Waals surface area contributed by atoms with Crippen LogP contribution >= 0.6 is 0 Å². The first-order chi connectivity index (χ1) is 22.5. The van der Waals surface area contributed by atoms with Gasteiger partial charge in [0.15, 0.2) is 0 Å². The zero-order valence-electron chi connectivity index (χ0n) is 26.9. The highest BCUT2D eigenvalue weighted by molar-refractivity contribution is 6.13. The molecule has 0 aliphatic carbocycles. The number of fused-ring (bicyclic) bond motifs is 6. The van der Waals surface area contributed by atoms with E-state index in [0.29, 0.717) is 11.8 Å². The summed E-state index contributed by atoms with van der Waals surface area (Å²) in [5.74, 6) is 0.827. The Kier molecular flexibility index (Phi) is 5.36. The Morgan fingerprint density at radius 2 is 1.04 bits per heavy atom. The van der Waals surface area contributed by atoms with E-state index in [1.54, 1.807) is 0 Å². The molecule has 2 aromatic carbocycles. The van der Waals surface area contributed by atoms with E-state index < -0.39 is 0 Å². The number of aryl methyl sites for hydroxylation is 6. The first-order valence-electron chi connectivity index (χ1n) is 16.9. The Bertz CT molecular complexity index is 2420. The van der Waals surface area contributed by atoms with Crippen molar-refractivity contribution in [3.63, 3.8) is 0 Å².